The topological polar surface area (TPSA) is 95.5 Å². The molecular formula is C17H15F3N2O4. The number of carbonyl (C=O) groups excluding carboxylic acids is 2. The summed E-state index contributed by atoms with van der Waals surface area (Å²) in [5.74, 6) is -2.57. The summed E-state index contributed by atoms with van der Waals surface area (Å²) in [6.07, 6.45) is -4.67. The molecule has 0 saturated heterocycles. The van der Waals surface area contributed by atoms with E-state index >= 15 is 0 Å². The van der Waals surface area contributed by atoms with Gasteiger partial charge in [-0.2, -0.15) is 13.2 Å². The van der Waals surface area contributed by atoms with E-state index in [9.17, 15) is 27.6 Å². The van der Waals surface area contributed by atoms with Gasteiger partial charge < -0.3 is 10.4 Å². The zero-order valence-electron chi connectivity index (χ0n) is 13.3. The fourth-order valence-electron chi connectivity index (χ4n) is 1.64. The van der Waals surface area contributed by atoms with Crippen LogP contribution in [0.3, 0.4) is 0 Å². The van der Waals surface area contributed by atoms with Gasteiger partial charge in [-0.05, 0) is 24.3 Å². The number of alkyl halides is 3. The van der Waals surface area contributed by atoms with Crippen LogP contribution >= 0.6 is 0 Å². The molecule has 2 aromatic rings. The summed E-state index contributed by atoms with van der Waals surface area (Å²) in [6, 6.07) is 15.7. The standard InChI is InChI=1S/C9H9NO3.C8H6F3NO/c11-8(12)6-10-9(13)7-4-2-1-3-5-7;9-8(10,11)12-7(13)6-4-2-1-3-5-6/h1-5H,6H2,(H,10,13)(H,11,12);1-5H,(H,12,13). The van der Waals surface area contributed by atoms with E-state index in [2.05, 4.69) is 5.32 Å². The first-order chi connectivity index (χ1) is 12.2. The van der Waals surface area contributed by atoms with E-state index in [-0.39, 0.29) is 18.0 Å². The molecule has 2 aromatic carbocycles. The second-order valence-electron chi connectivity index (χ2n) is 4.76. The lowest BCUT2D eigenvalue weighted by Gasteiger charge is -2.07. The Kier molecular flexibility index (Phi) is 7.81. The smallest absolute Gasteiger partial charge is 0.480 e. The van der Waals surface area contributed by atoms with Gasteiger partial charge >= 0.3 is 12.3 Å². The van der Waals surface area contributed by atoms with Gasteiger partial charge in [-0.1, -0.05) is 36.4 Å². The Hall–Kier alpha value is -3.36. The highest BCUT2D eigenvalue weighted by Gasteiger charge is 2.30. The van der Waals surface area contributed by atoms with Crippen molar-refractivity contribution in [2.75, 3.05) is 6.54 Å². The SMILES string of the molecule is O=C(NC(F)(F)F)c1ccccc1.O=C(O)CNC(=O)c1ccccc1. The van der Waals surface area contributed by atoms with Crippen LogP contribution in [0.5, 0.6) is 0 Å². The number of hydrogen-bond donors (Lipinski definition) is 3. The van der Waals surface area contributed by atoms with Crippen molar-refractivity contribution in [3.63, 3.8) is 0 Å². The van der Waals surface area contributed by atoms with E-state index in [0.29, 0.717) is 5.56 Å². The molecule has 0 radical (unpaired) electrons. The van der Waals surface area contributed by atoms with Gasteiger partial charge in [0.25, 0.3) is 11.8 Å². The van der Waals surface area contributed by atoms with Crippen LogP contribution in [0, 0.1) is 0 Å². The molecule has 0 aliphatic carbocycles. The predicted molar refractivity (Wildman–Crippen MR) is 86.4 cm³/mol. The number of aliphatic carboxylic acids is 1. The summed E-state index contributed by atoms with van der Waals surface area (Å²) < 4.78 is 35.0. The Bertz CT molecular complexity index is 735. The molecular weight excluding hydrogens is 353 g/mol. The number of hydrogen-bond acceptors (Lipinski definition) is 3. The average Bonchev–Trinajstić information content (AvgIpc) is 2.60. The Balaban J connectivity index is 0.000000260. The van der Waals surface area contributed by atoms with Crippen LogP contribution in [0.1, 0.15) is 20.7 Å². The van der Waals surface area contributed by atoms with Gasteiger partial charge in [0.15, 0.2) is 0 Å². The third-order valence-corrected chi connectivity index (χ3v) is 2.73. The molecule has 9 heteroatoms. The Morgan fingerprint density at radius 2 is 1.23 bits per heavy atom. The molecule has 0 fully saturated rings. The minimum atomic E-state index is -4.67. The lowest BCUT2D eigenvalue weighted by Crippen LogP contribution is -2.37. The van der Waals surface area contributed by atoms with Crippen molar-refractivity contribution in [2.45, 2.75) is 6.30 Å². The highest BCUT2D eigenvalue weighted by Crippen LogP contribution is 2.11. The quantitative estimate of drug-likeness (QED) is 0.723. The number of rotatable bonds is 4. The van der Waals surface area contributed by atoms with Crippen LogP contribution in [-0.2, 0) is 4.79 Å². The van der Waals surface area contributed by atoms with E-state index in [0.717, 1.165) is 5.32 Å². The number of carboxylic acid groups (broad SMARTS) is 1. The summed E-state index contributed by atoms with van der Waals surface area (Å²) in [5.41, 5.74) is 0.448. The maximum atomic E-state index is 11.7. The molecule has 0 aliphatic rings. The van der Waals surface area contributed by atoms with Crippen LogP contribution in [-0.4, -0.2) is 35.7 Å². The van der Waals surface area contributed by atoms with Crippen LogP contribution in [0.25, 0.3) is 0 Å². The Morgan fingerprint density at radius 1 is 0.808 bits per heavy atom. The zero-order valence-corrected chi connectivity index (χ0v) is 13.3. The van der Waals surface area contributed by atoms with Crippen LogP contribution < -0.4 is 10.6 Å². The maximum Gasteiger partial charge on any atom is 0.484 e. The van der Waals surface area contributed by atoms with E-state index in [4.69, 9.17) is 5.11 Å². The van der Waals surface area contributed by atoms with Gasteiger partial charge in [0, 0.05) is 11.1 Å². The zero-order chi connectivity index (χ0) is 19.6. The molecule has 3 N–H and O–H groups in total. The van der Waals surface area contributed by atoms with Gasteiger partial charge in [0.2, 0.25) is 0 Å². The molecule has 0 aromatic heterocycles. The van der Waals surface area contributed by atoms with Crippen LogP contribution in [0.15, 0.2) is 60.7 Å². The number of halogens is 3. The van der Waals surface area contributed by atoms with E-state index in [1.165, 1.54) is 24.3 Å². The normalized spacial score (nSPS) is 10.1. The monoisotopic (exact) mass is 368 g/mol. The van der Waals surface area contributed by atoms with Crippen LogP contribution in [0.2, 0.25) is 0 Å². The molecule has 0 aliphatic heterocycles. The number of carboxylic acids is 1. The van der Waals surface area contributed by atoms with Gasteiger partial charge in [0.05, 0.1) is 0 Å². The van der Waals surface area contributed by atoms with Crippen molar-refractivity contribution in [1.29, 1.82) is 0 Å². The summed E-state index contributed by atoms with van der Waals surface area (Å²) in [6.45, 7) is -0.353. The molecule has 0 atom stereocenters. The molecule has 6 nitrogen and oxygen atoms in total. The minimum Gasteiger partial charge on any atom is -0.480 e. The largest absolute Gasteiger partial charge is 0.484 e. The Labute approximate surface area is 146 Å². The molecule has 0 saturated carbocycles. The number of carbonyl (C=O) groups is 3. The van der Waals surface area contributed by atoms with E-state index in [1.54, 1.807) is 36.4 Å². The van der Waals surface area contributed by atoms with Crippen molar-refractivity contribution in [3.05, 3.63) is 71.8 Å². The molecule has 2 rings (SSSR count). The lowest BCUT2D eigenvalue weighted by atomic mass is 10.2. The van der Waals surface area contributed by atoms with Crippen molar-refractivity contribution in [2.24, 2.45) is 0 Å². The average molecular weight is 368 g/mol. The highest BCUT2D eigenvalue weighted by molar-refractivity contribution is 5.95. The van der Waals surface area contributed by atoms with Gasteiger partial charge in [-0.3, -0.25) is 19.7 Å². The molecule has 0 bridgehead atoms. The first-order valence-electron chi connectivity index (χ1n) is 7.18. The van der Waals surface area contributed by atoms with Gasteiger partial charge in [-0.15, -0.1) is 0 Å². The van der Waals surface area contributed by atoms with Crippen molar-refractivity contribution in [3.8, 4) is 0 Å². The molecule has 0 heterocycles. The van der Waals surface area contributed by atoms with Crippen molar-refractivity contribution in [1.82, 2.24) is 10.6 Å². The van der Waals surface area contributed by atoms with Crippen molar-refractivity contribution < 1.29 is 32.7 Å². The van der Waals surface area contributed by atoms with E-state index in [1.807, 2.05) is 0 Å². The van der Waals surface area contributed by atoms with Crippen LogP contribution in [0.4, 0.5) is 13.2 Å². The highest BCUT2D eigenvalue weighted by atomic mass is 19.4. The van der Waals surface area contributed by atoms with Gasteiger partial charge in [-0.25, -0.2) is 0 Å². The fraction of sp³-hybridized carbons (Fsp3) is 0.118. The molecule has 26 heavy (non-hydrogen) atoms. The predicted octanol–water partition coefficient (Wildman–Crippen LogP) is 2.44. The first-order valence-corrected chi connectivity index (χ1v) is 7.18. The third-order valence-electron chi connectivity index (χ3n) is 2.73. The fourth-order valence-corrected chi connectivity index (χ4v) is 1.64. The molecule has 0 spiro atoms. The molecule has 0 unspecified atom stereocenters. The summed E-state index contributed by atoms with van der Waals surface area (Å²) >= 11 is 0. The van der Waals surface area contributed by atoms with E-state index < -0.39 is 18.2 Å². The van der Waals surface area contributed by atoms with Crippen molar-refractivity contribution >= 4 is 17.8 Å². The molecule has 2 amide bonds. The first kappa shape index (κ1) is 20.7. The lowest BCUT2D eigenvalue weighted by molar-refractivity contribution is -0.146. The summed E-state index contributed by atoms with van der Waals surface area (Å²) in [7, 11) is 0. The second-order valence-corrected chi connectivity index (χ2v) is 4.76. The minimum absolute atomic E-state index is 0.0141. The maximum absolute atomic E-state index is 11.7. The number of amides is 2. The number of benzene rings is 2. The molecule has 138 valence electrons. The number of nitrogens with one attached hydrogen (secondary N) is 2. The summed E-state index contributed by atoms with van der Waals surface area (Å²) in [4.78, 5) is 32.1. The Morgan fingerprint density at radius 3 is 1.62 bits per heavy atom. The summed E-state index contributed by atoms with van der Waals surface area (Å²) in [5, 5.41) is 11.5. The second kappa shape index (κ2) is 9.82. The van der Waals surface area contributed by atoms with Gasteiger partial charge in [0.1, 0.15) is 6.54 Å². The third kappa shape index (κ3) is 8.48.